The molecule has 1 fully saturated rings. The van der Waals surface area contributed by atoms with Crippen LogP contribution in [0.3, 0.4) is 0 Å². The van der Waals surface area contributed by atoms with Crippen LogP contribution in [0.2, 0.25) is 0 Å². The zero-order valence-corrected chi connectivity index (χ0v) is 14.8. The monoisotopic (exact) mass is 358 g/mol. The highest BCUT2D eigenvalue weighted by Crippen LogP contribution is 2.34. The number of nitrogens with one attached hydrogen (secondary N) is 1. The molecule has 2 amide bonds. The lowest BCUT2D eigenvalue weighted by Gasteiger charge is -2.32. The van der Waals surface area contributed by atoms with Gasteiger partial charge in [0.2, 0.25) is 0 Å². The fourth-order valence-corrected chi connectivity index (χ4v) is 2.75. The van der Waals surface area contributed by atoms with Crippen molar-refractivity contribution < 1.29 is 24.5 Å². The lowest BCUT2D eigenvalue weighted by atomic mass is 10.1. The Bertz CT molecular complexity index is 567. The van der Waals surface area contributed by atoms with E-state index in [0.717, 1.165) is 0 Å². The zero-order valence-electron chi connectivity index (χ0n) is 14.8. The highest BCUT2D eigenvalue weighted by Gasteiger charge is 2.32. The molecule has 1 aliphatic heterocycles. The predicted molar refractivity (Wildman–Crippen MR) is 93.3 cm³/mol. The molecule has 0 aromatic heterocycles. The third-order valence-electron chi connectivity index (χ3n) is 4.00. The molecule has 0 atom stereocenters. The Morgan fingerprint density at radius 1 is 1.28 bits per heavy atom. The number of alkyl halides is 2. The number of carbonyl (C=O) groups is 1. The average Bonchev–Trinajstić information content (AvgIpc) is 2.57. The summed E-state index contributed by atoms with van der Waals surface area (Å²) in [6.45, 7) is 5.30. The van der Waals surface area contributed by atoms with Crippen molar-refractivity contribution in [1.82, 2.24) is 10.2 Å². The number of para-hydroxylation sites is 2. The molecule has 5 nitrogen and oxygen atoms in total. The molecule has 25 heavy (non-hydrogen) atoms. The summed E-state index contributed by atoms with van der Waals surface area (Å²) in [7, 11) is 0. The van der Waals surface area contributed by atoms with Crippen LogP contribution in [0, 0.1) is 0 Å². The summed E-state index contributed by atoms with van der Waals surface area (Å²) in [5.74, 6) is 0.363. The van der Waals surface area contributed by atoms with Crippen LogP contribution in [0.1, 0.15) is 41.0 Å². The molecular formula is C18H28F2N2O3. The van der Waals surface area contributed by atoms with Crippen molar-refractivity contribution in [3.63, 3.8) is 0 Å². The molecule has 7 heteroatoms. The number of ether oxygens (including phenoxy) is 2. The van der Waals surface area contributed by atoms with Crippen molar-refractivity contribution in [3.8, 4) is 11.5 Å². The molecule has 0 unspecified atom stereocenters. The van der Waals surface area contributed by atoms with E-state index in [2.05, 4.69) is 5.32 Å². The Morgan fingerprint density at radius 3 is 2.52 bits per heavy atom. The van der Waals surface area contributed by atoms with Gasteiger partial charge in [0, 0.05) is 33.9 Å². The first-order chi connectivity index (χ1) is 11.9. The number of hydrogen-bond donors (Lipinski definition) is 1. The number of hydrogen-bond acceptors (Lipinski definition) is 3. The van der Waals surface area contributed by atoms with Gasteiger partial charge in [-0.1, -0.05) is 19.1 Å². The summed E-state index contributed by atoms with van der Waals surface area (Å²) in [6.07, 6.45) is -2.06. The van der Waals surface area contributed by atoms with Gasteiger partial charge in [-0.2, -0.15) is 8.78 Å². The minimum absolute atomic E-state index is 0. The Hall–Kier alpha value is -2.05. The van der Waals surface area contributed by atoms with E-state index < -0.39 is 6.11 Å². The molecule has 1 aromatic carbocycles. The van der Waals surface area contributed by atoms with Gasteiger partial charge in [-0.3, -0.25) is 0 Å². The number of rotatable bonds is 7. The molecule has 0 saturated carbocycles. The molecule has 2 rings (SSSR count). The van der Waals surface area contributed by atoms with Crippen LogP contribution in [-0.2, 0) is 0 Å². The molecule has 1 aliphatic rings. The van der Waals surface area contributed by atoms with Crippen LogP contribution < -0.4 is 14.8 Å². The maximum Gasteiger partial charge on any atom is 0.397 e. The fourth-order valence-electron chi connectivity index (χ4n) is 2.75. The van der Waals surface area contributed by atoms with Gasteiger partial charge in [-0.05, 0) is 25.5 Å². The van der Waals surface area contributed by atoms with E-state index in [1.54, 1.807) is 30.0 Å². The molecule has 0 spiro atoms. The van der Waals surface area contributed by atoms with Crippen molar-refractivity contribution in [3.05, 3.63) is 24.3 Å². The maximum atomic E-state index is 13.8. The standard InChI is InChI=1S/C18H26F2N2O3.H2/c1-3-11-18(19,20)25-16-8-6-5-7-15(16)24-14-9-12-22(13-10-14)17(23)21-4-2;/h5-8,14H,3-4,9-13H2,1-2H3,(H,21,23);1H. The SMILES string of the molecule is CCCC(F)(F)Oc1ccccc1OC1CCN(C(=O)NCC)CC1.[HH]. The Morgan fingerprint density at radius 2 is 1.92 bits per heavy atom. The molecule has 1 aromatic rings. The maximum absolute atomic E-state index is 13.8. The Kier molecular flexibility index (Phi) is 6.84. The smallest absolute Gasteiger partial charge is 0.397 e. The van der Waals surface area contributed by atoms with Gasteiger partial charge < -0.3 is 19.7 Å². The van der Waals surface area contributed by atoms with Gasteiger partial charge in [0.25, 0.3) is 0 Å². The summed E-state index contributed by atoms with van der Waals surface area (Å²) >= 11 is 0. The molecule has 0 radical (unpaired) electrons. The second-order valence-corrected chi connectivity index (χ2v) is 6.08. The number of amides is 2. The Balaban J connectivity index is 0.00000338. The number of piperidine rings is 1. The van der Waals surface area contributed by atoms with Gasteiger partial charge in [-0.25, -0.2) is 4.79 Å². The first-order valence-corrected chi connectivity index (χ1v) is 8.80. The van der Waals surface area contributed by atoms with Crippen molar-refractivity contribution in [2.45, 2.75) is 51.7 Å². The van der Waals surface area contributed by atoms with E-state index >= 15 is 0 Å². The van der Waals surface area contributed by atoms with E-state index in [4.69, 9.17) is 9.47 Å². The third kappa shape index (κ3) is 5.76. The largest absolute Gasteiger partial charge is 0.486 e. The normalized spacial score (nSPS) is 15.8. The van der Waals surface area contributed by atoms with Crippen molar-refractivity contribution >= 4 is 6.03 Å². The molecule has 142 valence electrons. The van der Waals surface area contributed by atoms with Gasteiger partial charge >= 0.3 is 12.1 Å². The molecule has 1 N–H and O–H groups in total. The van der Waals surface area contributed by atoms with Crippen molar-refractivity contribution in [1.29, 1.82) is 0 Å². The molecule has 0 aliphatic carbocycles. The van der Waals surface area contributed by atoms with Crippen LogP contribution in [0.5, 0.6) is 11.5 Å². The first-order valence-electron chi connectivity index (χ1n) is 8.80. The van der Waals surface area contributed by atoms with Crippen LogP contribution in [0.25, 0.3) is 0 Å². The van der Waals surface area contributed by atoms with Crippen LogP contribution in [0.4, 0.5) is 13.6 Å². The minimum Gasteiger partial charge on any atom is -0.486 e. The van der Waals surface area contributed by atoms with Crippen molar-refractivity contribution in [2.24, 2.45) is 0 Å². The zero-order chi connectivity index (χ0) is 18.3. The van der Waals surface area contributed by atoms with E-state index in [9.17, 15) is 13.6 Å². The predicted octanol–water partition coefficient (Wildman–Crippen LogP) is 4.28. The number of carbonyl (C=O) groups excluding carboxylic acids is 1. The summed E-state index contributed by atoms with van der Waals surface area (Å²) in [4.78, 5) is 13.5. The minimum atomic E-state index is -3.21. The number of halogens is 2. The number of likely N-dealkylation sites (tertiary alicyclic amines) is 1. The second-order valence-electron chi connectivity index (χ2n) is 6.08. The van der Waals surface area contributed by atoms with Crippen LogP contribution in [0.15, 0.2) is 24.3 Å². The molecule has 0 bridgehead atoms. The first kappa shape index (κ1) is 19.3. The van der Waals surface area contributed by atoms with E-state index in [1.165, 1.54) is 6.07 Å². The van der Waals surface area contributed by atoms with Gasteiger partial charge in [0.15, 0.2) is 11.5 Å². The van der Waals surface area contributed by atoms with Gasteiger partial charge in [0.1, 0.15) is 6.10 Å². The molecule has 1 saturated heterocycles. The quantitative estimate of drug-likeness (QED) is 0.792. The topological polar surface area (TPSA) is 50.8 Å². The summed E-state index contributed by atoms with van der Waals surface area (Å²) in [5, 5.41) is 2.77. The summed E-state index contributed by atoms with van der Waals surface area (Å²) in [5.41, 5.74) is 0. The highest BCUT2D eigenvalue weighted by molar-refractivity contribution is 5.74. The van der Waals surface area contributed by atoms with E-state index in [-0.39, 0.29) is 25.7 Å². The second kappa shape index (κ2) is 8.87. The lowest BCUT2D eigenvalue weighted by molar-refractivity contribution is -0.181. The Labute approximate surface area is 148 Å². The van der Waals surface area contributed by atoms with Crippen LogP contribution in [-0.4, -0.2) is 42.8 Å². The van der Waals surface area contributed by atoms with Gasteiger partial charge in [-0.15, -0.1) is 0 Å². The highest BCUT2D eigenvalue weighted by atomic mass is 19.3. The van der Waals surface area contributed by atoms with E-state index in [1.807, 2.05) is 6.92 Å². The van der Waals surface area contributed by atoms with Crippen LogP contribution >= 0.6 is 0 Å². The number of nitrogens with zero attached hydrogens (tertiary/aromatic N) is 1. The molecule has 1 heterocycles. The average molecular weight is 358 g/mol. The molecular weight excluding hydrogens is 330 g/mol. The summed E-state index contributed by atoms with van der Waals surface area (Å²) < 4.78 is 38.3. The summed E-state index contributed by atoms with van der Waals surface area (Å²) in [6, 6.07) is 6.41. The van der Waals surface area contributed by atoms with Gasteiger partial charge in [0.05, 0.1) is 6.42 Å². The van der Waals surface area contributed by atoms with Crippen molar-refractivity contribution in [2.75, 3.05) is 19.6 Å². The van der Waals surface area contributed by atoms with E-state index in [0.29, 0.717) is 44.6 Å². The fraction of sp³-hybridized carbons (Fsp3) is 0.611. The third-order valence-corrected chi connectivity index (χ3v) is 4.00. The lowest BCUT2D eigenvalue weighted by Crippen LogP contribution is -2.46. The number of benzene rings is 1. The number of urea groups is 1.